The molecule has 0 heterocycles. The molecule has 2 rings (SSSR count). The van der Waals surface area contributed by atoms with Crippen LogP contribution in [0.4, 0.5) is 0 Å². The van der Waals surface area contributed by atoms with Gasteiger partial charge in [-0.1, -0.05) is 32.1 Å². The van der Waals surface area contributed by atoms with E-state index in [4.69, 9.17) is 10.8 Å². The number of hydrogen-bond acceptors (Lipinski definition) is 2. The quantitative estimate of drug-likeness (QED) is 0.775. The Morgan fingerprint density at radius 2 is 1.88 bits per heavy atom. The molecular formula is C13H23NO2. The molecule has 2 saturated carbocycles. The van der Waals surface area contributed by atoms with Gasteiger partial charge >= 0.3 is 5.97 Å². The van der Waals surface area contributed by atoms with Crippen molar-refractivity contribution in [3.63, 3.8) is 0 Å². The molecule has 92 valence electrons. The van der Waals surface area contributed by atoms with Crippen molar-refractivity contribution in [2.24, 2.45) is 23.5 Å². The van der Waals surface area contributed by atoms with Crippen LogP contribution in [0.2, 0.25) is 0 Å². The minimum atomic E-state index is -0.842. The van der Waals surface area contributed by atoms with Crippen molar-refractivity contribution in [2.75, 3.05) is 0 Å². The lowest BCUT2D eigenvalue weighted by molar-refractivity contribution is -0.139. The predicted octanol–water partition coefficient (Wildman–Crippen LogP) is 2.39. The molecule has 3 nitrogen and oxygen atoms in total. The van der Waals surface area contributed by atoms with Crippen molar-refractivity contribution in [2.45, 2.75) is 57.4 Å². The molecule has 0 amide bonds. The van der Waals surface area contributed by atoms with Gasteiger partial charge in [0.05, 0.1) is 0 Å². The van der Waals surface area contributed by atoms with E-state index in [1.165, 1.54) is 44.9 Å². The van der Waals surface area contributed by atoms with Crippen LogP contribution in [0.15, 0.2) is 0 Å². The van der Waals surface area contributed by atoms with Crippen LogP contribution in [0.3, 0.4) is 0 Å². The second-order valence-corrected chi connectivity index (χ2v) is 5.66. The molecule has 0 aliphatic heterocycles. The summed E-state index contributed by atoms with van der Waals surface area (Å²) >= 11 is 0. The van der Waals surface area contributed by atoms with Crippen LogP contribution in [0.1, 0.15) is 51.4 Å². The Kier molecular flexibility index (Phi) is 3.85. The van der Waals surface area contributed by atoms with Gasteiger partial charge in [-0.15, -0.1) is 0 Å². The fourth-order valence-corrected chi connectivity index (χ4v) is 3.64. The van der Waals surface area contributed by atoms with E-state index < -0.39 is 12.0 Å². The lowest BCUT2D eigenvalue weighted by Gasteiger charge is -2.39. The third kappa shape index (κ3) is 2.76. The Bertz CT molecular complexity index is 254. The Balaban J connectivity index is 1.83. The minimum Gasteiger partial charge on any atom is -0.480 e. The molecule has 0 aromatic heterocycles. The van der Waals surface area contributed by atoms with Gasteiger partial charge in [-0.25, -0.2) is 0 Å². The van der Waals surface area contributed by atoms with E-state index in [-0.39, 0.29) is 0 Å². The lowest BCUT2D eigenvalue weighted by atomic mass is 9.66. The molecule has 0 aromatic carbocycles. The summed E-state index contributed by atoms with van der Waals surface area (Å²) in [5.74, 6) is 1.52. The van der Waals surface area contributed by atoms with Crippen molar-refractivity contribution in [3.8, 4) is 0 Å². The molecule has 2 fully saturated rings. The number of carbonyl (C=O) groups is 1. The number of rotatable bonds is 3. The number of aliphatic carboxylic acids is 1. The molecule has 3 unspecified atom stereocenters. The van der Waals surface area contributed by atoms with Crippen molar-refractivity contribution in [1.29, 1.82) is 0 Å². The van der Waals surface area contributed by atoms with Gasteiger partial charge < -0.3 is 10.8 Å². The van der Waals surface area contributed by atoms with Crippen molar-refractivity contribution in [1.82, 2.24) is 0 Å². The first-order valence-corrected chi connectivity index (χ1v) is 6.65. The van der Waals surface area contributed by atoms with E-state index in [2.05, 4.69) is 0 Å². The van der Waals surface area contributed by atoms with Crippen LogP contribution < -0.4 is 5.73 Å². The molecule has 0 aromatic rings. The summed E-state index contributed by atoms with van der Waals surface area (Å²) in [6.45, 7) is 0. The van der Waals surface area contributed by atoms with Gasteiger partial charge in [0.15, 0.2) is 0 Å². The third-order valence-corrected chi connectivity index (χ3v) is 4.55. The van der Waals surface area contributed by atoms with Gasteiger partial charge in [0, 0.05) is 0 Å². The van der Waals surface area contributed by atoms with E-state index in [0.29, 0.717) is 12.3 Å². The minimum absolute atomic E-state index is 0.561. The van der Waals surface area contributed by atoms with Crippen LogP contribution in [-0.2, 0) is 4.79 Å². The molecule has 2 aliphatic rings. The zero-order chi connectivity index (χ0) is 11.5. The molecule has 3 N–H and O–H groups in total. The summed E-state index contributed by atoms with van der Waals surface area (Å²) in [5.41, 5.74) is 5.62. The largest absolute Gasteiger partial charge is 0.480 e. The molecule has 2 aliphatic carbocycles. The summed E-state index contributed by atoms with van der Waals surface area (Å²) in [6.07, 6.45) is 9.96. The van der Waals surface area contributed by atoms with Gasteiger partial charge in [-0.05, 0) is 37.0 Å². The topological polar surface area (TPSA) is 63.3 Å². The van der Waals surface area contributed by atoms with Crippen molar-refractivity contribution >= 4 is 5.97 Å². The maximum Gasteiger partial charge on any atom is 0.320 e. The smallest absolute Gasteiger partial charge is 0.320 e. The lowest BCUT2D eigenvalue weighted by Crippen LogP contribution is -2.35. The van der Waals surface area contributed by atoms with E-state index in [0.717, 1.165) is 11.8 Å². The highest BCUT2D eigenvalue weighted by atomic mass is 16.4. The standard InChI is InChI=1S/C13H23NO2/c14-12(13(15)16)8-9-5-6-10-3-1-2-4-11(10)7-9/h9-12H,1-8,14H2,(H,15,16)/t9?,10?,11?,12-/m1/s1. The maximum atomic E-state index is 10.7. The second-order valence-electron chi connectivity index (χ2n) is 5.66. The number of hydrogen-bond donors (Lipinski definition) is 2. The molecule has 0 bridgehead atoms. The average molecular weight is 225 g/mol. The molecule has 3 heteroatoms. The summed E-state index contributed by atoms with van der Waals surface area (Å²) in [5, 5.41) is 8.82. The Labute approximate surface area is 97.4 Å². The molecule has 0 radical (unpaired) electrons. The van der Waals surface area contributed by atoms with Gasteiger partial charge in [0.25, 0.3) is 0 Å². The summed E-state index contributed by atoms with van der Waals surface area (Å²) < 4.78 is 0. The first-order chi connectivity index (χ1) is 7.66. The molecule has 0 saturated heterocycles. The number of fused-ring (bicyclic) bond motifs is 1. The second kappa shape index (κ2) is 5.17. The third-order valence-electron chi connectivity index (χ3n) is 4.55. The molecule has 0 spiro atoms. The van der Waals surface area contributed by atoms with Crippen LogP contribution in [0.5, 0.6) is 0 Å². The molecule has 16 heavy (non-hydrogen) atoms. The highest BCUT2D eigenvalue weighted by Crippen LogP contribution is 2.43. The summed E-state index contributed by atoms with van der Waals surface area (Å²) in [6, 6.07) is -0.648. The van der Waals surface area contributed by atoms with E-state index >= 15 is 0 Å². The highest BCUT2D eigenvalue weighted by Gasteiger charge is 2.33. The average Bonchev–Trinajstić information content (AvgIpc) is 2.28. The van der Waals surface area contributed by atoms with Crippen molar-refractivity contribution in [3.05, 3.63) is 0 Å². The van der Waals surface area contributed by atoms with Crippen LogP contribution in [0, 0.1) is 17.8 Å². The van der Waals surface area contributed by atoms with E-state index in [9.17, 15) is 4.79 Å². The van der Waals surface area contributed by atoms with E-state index in [1.54, 1.807) is 0 Å². The van der Waals surface area contributed by atoms with Gasteiger partial charge in [0.2, 0.25) is 0 Å². The zero-order valence-corrected chi connectivity index (χ0v) is 9.90. The SMILES string of the molecule is N[C@H](CC1CCC2CCCCC2C1)C(=O)O. The maximum absolute atomic E-state index is 10.7. The van der Waals surface area contributed by atoms with Crippen LogP contribution in [0.25, 0.3) is 0 Å². The first-order valence-electron chi connectivity index (χ1n) is 6.65. The Morgan fingerprint density at radius 1 is 1.19 bits per heavy atom. The van der Waals surface area contributed by atoms with E-state index in [1.807, 2.05) is 0 Å². The van der Waals surface area contributed by atoms with Crippen molar-refractivity contribution < 1.29 is 9.90 Å². The van der Waals surface area contributed by atoms with Gasteiger partial charge in [-0.2, -0.15) is 0 Å². The fourth-order valence-electron chi connectivity index (χ4n) is 3.64. The molecule has 4 atom stereocenters. The normalized spacial score (nSPS) is 36.4. The van der Waals surface area contributed by atoms with Crippen LogP contribution in [-0.4, -0.2) is 17.1 Å². The number of carboxylic acids is 1. The number of nitrogens with two attached hydrogens (primary N) is 1. The molecular weight excluding hydrogens is 202 g/mol. The zero-order valence-electron chi connectivity index (χ0n) is 9.90. The van der Waals surface area contributed by atoms with Crippen LogP contribution >= 0.6 is 0 Å². The summed E-state index contributed by atoms with van der Waals surface area (Å²) in [7, 11) is 0. The fraction of sp³-hybridized carbons (Fsp3) is 0.923. The Morgan fingerprint density at radius 3 is 2.56 bits per heavy atom. The first kappa shape index (κ1) is 11.9. The monoisotopic (exact) mass is 225 g/mol. The van der Waals surface area contributed by atoms with Gasteiger partial charge in [-0.3, -0.25) is 4.79 Å². The summed E-state index contributed by atoms with van der Waals surface area (Å²) in [4.78, 5) is 10.7. The highest BCUT2D eigenvalue weighted by molar-refractivity contribution is 5.73. The predicted molar refractivity (Wildman–Crippen MR) is 63.0 cm³/mol. The Hall–Kier alpha value is -0.570. The number of carboxylic acid groups (broad SMARTS) is 1. The van der Waals surface area contributed by atoms with Gasteiger partial charge in [0.1, 0.15) is 6.04 Å².